The van der Waals surface area contributed by atoms with Crippen LogP contribution in [-0.2, 0) is 12.4 Å². The number of nitrogens with zero attached hydrogens (tertiary/aromatic N) is 3. The van der Waals surface area contributed by atoms with Gasteiger partial charge in [0, 0.05) is 13.6 Å². The van der Waals surface area contributed by atoms with Gasteiger partial charge < -0.3 is 4.90 Å². The van der Waals surface area contributed by atoms with Crippen LogP contribution in [0.4, 0.5) is 5.82 Å². The van der Waals surface area contributed by atoms with Gasteiger partial charge in [0.2, 0.25) is 0 Å². The van der Waals surface area contributed by atoms with Gasteiger partial charge in [-0.05, 0) is 32.9 Å². The van der Waals surface area contributed by atoms with Crippen molar-refractivity contribution in [1.82, 2.24) is 9.97 Å². The van der Waals surface area contributed by atoms with E-state index >= 15 is 0 Å². The Labute approximate surface area is 118 Å². The average molecular weight is 333 g/mol. The highest BCUT2D eigenvalue weighted by atomic mass is 79.9. The van der Waals surface area contributed by atoms with Crippen LogP contribution in [-0.4, -0.2) is 17.0 Å². The predicted molar refractivity (Wildman–Crippen MR) is 75.7 cm³/mol. The van der Waals surface area contributed by atoms with Crippen molar-refractivity contribution in [1.29, 1.82) is 0 Å². The van der Waals surface area contributed by atoms with Crippen molar-refractivity contribution in [3.8, 4) is 0 Å². The molecular weight excluding hydrogens is 322 g/mol. The highest BCUT2D eigenvalue weighted by Crippen LogP contribution is 2.22. The van der Waals surface area contributed by atoms with E-state index in [1.54, 1.807) is 23.7 Å². The summed E-state index contributed by atoms with van der Waals surface area (Å²) in [6.07, 6.45) is 3.46. The lowest BCUT2D eigenvalue weighted by atomic mass is 10.3. The Morgan fingerprint density at radius 3 is 2.76 bits per heavy atom. The Kier molecular flexibility index (Phi) is 4.36. The smallest absolute Gasteiger partial charge is 0.147 e. The van der Waals surface area contributed by atoms with E-state index in [1.807, 2.05) is 7.05 Å². The molecule has 0 saturated heterocycles. The zero-order valence-electron chi connectivity index (χ0n) is 9.23. The Morgan fingerprint density at radius 1 is 1.41 bits per heavy atom. The van der Waals surface area contributed by atoms with Gasteiger partial charge in [-0.1, -0.05) is 0 Å². The van der Waals surface area contributed by atoms with Gasteiger partial charge in [-0.3, -0.25) is 4.98 Å². The second-order valence-corrected chi connectivity index (χ2v) is 6.17. The molecule has 2 aromatic rings. The molecule has 0 aliphatic carbocycles. The fraction of sp³-hybridized carbons (Fsp3) is 0.273. The Balaban J connectivity index is 2.06. The molecule has 6 heteroatoms. The first-order valence-corrected chi connectivity index (χ1v) is 7.20. The summed E-state index contributed by atoms with van der Waals surface area (Å²) in [4.78, 5) is 10.6. The van der Waals surface area contributed by atoms with Gasteiger partial charge in [0.15, 0.2) is 0 Å². The minimum absolute atomic E-state index is 0.397. The van der Waals surface area contributed by atoms with Crippen LogP contribution in [0.1, 0.15) is 11.3 Å². The lowest BCUT2D eigenvalue weighted by Gasteiger charge is -2.16. The SMILES string of the molecule is CN(Cc1csc(Br)c1)c1cnc(CCl)cn1. The van der Waals surface area contributed by atoms with E-state index in [4.69, 9.17) is 11.6 Å². The molecule has 2 aromatic heterocycles. The Morgan fingerprint density at radius 2 is 2.24 bits per heavy atom. The largest absolute Gasteiger partial charge is 0.354 e. The van der Waals surface area contributed by atoms with Crippen LogP contribution in [0.3, 0.4) is 0 Å². The van der Waals surface area contributed by atoms with Crippen molar-refractivity contribution >= 4 is 44.7 Å². The van der Waals surface area contributed by atoms with Gasteiger partial charge in [0.1, 0.15) is 5.82 Å². The number of rotatable bonds is 4. The normalized spacial score (nSPS) is 10.5. The molecule has 0 aliphatic heterocycles. The molecule has 0 amide bonds. The highest BCUT2D eigenvalue weighted by Gasteiger charge is 2.05. The number of halogens is 2. The molecule has 0 saturated carbocycles. The van der Waals surface area contributed by atoms with Crippen LogP contribution in [0.2, 0.25) is 0 Å². The summed E-state index contributed by atoms with van der Waals surface area (Å²) < 4.78 is 1.14. The van der Waals surface area contributed by atoms with Crippen molar-refractivity contribution in [2.75, 3.05) is 11.9 Å². The average Bonchev–Trinajstić information content (AvgIpc) is 2.75. The van der Waals surface area contributed by atoms with Crippen LogP contribution in [0.5, 0.6) is 0 Å². The van der Waals surface area contributed by atoms with E-state index in [2.05, 4.69) is 42.2 Å². The van der Waals surface area contributed by atoms with Crippen molar-refractivity contribution in [3.05, 3.63) is 38.9 Å². The van der Waals surface area contributed by atoms with Gasteiger partial charge >= 0.3 is 0 Å². The van der Waals surface area contributed by atoms with E-state index in [1.165, 1.54) is 5.56 Å². The standard InChI is InChI=1S/C11H11BrClN3S/c1-16(6-8-2-10(12)17-7-8)11-5-14-9(3-13)4-15-11/h2,4-5,7H,3,6H2,1H3. The van der Waals surface area contributed by atoms with Crippen LogP contribution >= 0.6 is 38.9 Å². The summed E-state index contributed by atoms with van der Waals surface area (Å²) in [5.41, 5.74) is 2.05. The van der Waals surface area contributed by atoms with E-state index in [0.717, 1.165) is 21.8 Å². The fourth-order valence-corrected chi connectivity index (χ4v) is 2.74. The van der Waals surface area contributed by atoms with Gasteiger partial charge in [-0.25, -0.2) is 4.98 Å². The lowest BCUT2D eigenvalue weighted by Crippen LogP contribution is -2.17. The van der Waals surface area contributed by atoms with Crippen molar-refractivity contribution < 1.29 is 0 Å². The zero-order chi connectivity index (χ0) is 12.3. The first-order chi connectivity index (χ1) is 8.19. The highest BCUT2D eigenvalue weighted by molar-refractivity contribution is 9.11. The van der Waals surface area contributed by atoms with Crippen LogP contribution in [0.25, 0.3) is 0 Å². The summed E-state index contributed by atoms with van der Waals surface area (Å²) in [6.45, 7) is 0.816. The Bertz CT molecular complexity index is 486. The van der Waals surface area contributed by atoms with Crippen molar-refractivity contribution in [2.24, 2.45) is 0 Å². The van der Waals surface area contributed by atoms with Crippen LogP contribution in [0, 0.1) is 0 Å². The molecule has 0 N–H and O–H groups in total. The maximum atomic E-state index is 5.67. The summed E-state index contributed by atoms with van der Waals surface area (Å²) in [5, 5.41) is 2.13. The number of alkyl halides is 1. The molecule has 2 heterocycles. The monoisotopic (exact) mass is 331 g/mol. The molecule has 0 aromatic carbocycles. The quantitative estimate of drug-likeness (QED) is 0.800. The third-order valence-corrected chi connectivity index (χ3v) is 4.09. The van der Waals surface area contributed by atoms with Gasteiger partial charge in [0.25, 0.3) is 0 Å². The summed E-state index contributed by atoms with van der Waals surface area (Å²) in [6, 6.07) is 2.11. The molecule has 2 rings (SSSR count). The first kappa shape index (κ1) is 12.8. The molecule has 0 radical (unpaired) electrons. The predicted octanol–water partition coefficient (Wildman–Crippen LogP) is 3.68. The van der Waals surface area contributed by atoms with Crippen molar-refractivity contribution in [2.45, 2.75) is 12.4 Å². The number of hydrogen-bond acceptors (Lipinski definition) is 4. The van der Waals surface area contributed by atoms with E-state index in [9.17, 15) is 0 Å². The molecule has 0 atom stereocenters. The topological polar surface area (TPSA) is 29.0 Å². The molecule has 0 fully saturated rings. The molecule has 0 unspecified atom stereocenters. The molecule has 90 valence electrons. The summed E-state index contributed by atoms with van der Waals surface area (Å²) >= 11 is 10.8. The molecule has 0 bridgehead atoms. The van der Waals surface area contributed by atoms with E-state index in [0.29, 0.717) is 5.88 Å². The fourth-order valence-electron chi connectivity index (χ4n) is 1.40. The molecule has 17 heavy (non-hydrogen) atoms. The number of anilines is 1. The van der Waals surface area contributed by atoms with Gasteiger partial charge in [-0.2, -0.15) is 0 Å². The number of aromatic nitrogens is 2. The second kappa shape index (κ2) is 5.80. The molecule has 3 nitrogen and oxygen atoms in total. The third kappa shape index (κ3) is 3.40. The van der Waals surface area contributed by atoms with Gasteiger partial charge in [-0.15, -0.1) is 22.9 Å². The zero-order valence-corrected chi connectivity index (χ0v) is 12.4. The molecule has 0 aliphatic rings. The lowest BCUT2D eigenvalue weighted by molar-refractivity contribution is 0.887. The third-order valence-electron chi connectivity index (χ3n) is 2.26. The van der Waals surface area contributed by atoms with Crippen molar-refractivity contribution in [3.63, 3.8) is 0 Å². The summed E-state index contributed by atoms with van der Waals surface area (Å²) in [7, 11) is 2.00. The summed E-state index contributed by atoms with van der Waals surface area (Å²) in [5.74, 6) is 1.25. The maximum Gasteiger partial charge on any atom is 0.147 e. The molecule has 0 spiro atoms. The maximum absolute atomic E-state index is 5.67. The van der Waals surface area contributed by atoms with Crippen LogP contribution in [0.15, 0.2) is 27.6 Å². The second-order valence-electron chi connectivity index (χ2n) is 3.61. The molecular formula is C11H11BrClN3S. The number of thiophene rings is 1. The Hall–Kier alpha value is -0.650. The minimum Gasteiger partial charge on any atom is -0.354 e. The van der Waals surface area contributed by atoms with E-state index in [-0.39, 0.29) is 0 Å². The number of hydrogen-bond donors (Lipinski definition) is 0. The van der Waals surface area contributed by atoms with E-state index < -0.39 is 0 Å². The first-order valence-electron chi connectivity index (χ1n) is 5.00. The van der Waals surface area contributed by atoms with Gasteiger partial charge in [0.05, 0.1) is 27.8 Å². The minimum atomic E-state index is 0.397. The van der Waals surface area contributed by atoms with Crippen LogP contribution < -0.4 is 4.90 Å².